The lowest BCUT2D eigenvalue weighted by molar-refractivity contribution is -0.119. The van der Waals surface area contributed by atoms with Gasteiger partial charge in [0.2, 0.25) is 15.9 Å². The van der Waals surface area contributed by atoms with Crippen molar-refractivity contribution in [3.05, 3.63) is 121 Å². The van der Waals surface area contributed by atoms with E-state index in [9.17, 15) is 35.6 Å². The monoisotopic (exact) mass is 850 g/mol. The first-order valence-corrected chi connectivity index (χ1v) is 19.9. The van der Waals surface area contributed by atoms with Gasteiger partial charge < -0.3 is 9.64 Å². The topological polar surface area (TPSA) is 84.0 Å². The van der Waals surface area contributed by atoms with Crippen LogP contribution in [0.25, 0.3) is 0 Å². The summed E-state index contributed by atoms with van der Waals surface area (Å²) < 4.78 is 107. The molecule has 4 aromatic rings. The molecular formula is C39H33BrClF5N2O5S. The molecule has 7 rings (SSSR count). The second kappa shape index (κ2) is 15.0. The van der Waals surface area contributed by atoms with Crippen molar-refractivity contribution in [1.29, 1.82) is 0 Å². The normalized spacial score (nSPS) is 15.8. The predicted octanol–water partition coefficient (Wildman–Crippen LogP) is 9.72. The Labute approximate surface area is 322 Å². The molecule has 3 aliphatic carbocycles. The number of ether oxygens (including phenoxy) is 1. The van der Waals surface area contributed by atoms with Gasteiger partial charge in [0, 0.05) is 17.1 Å². The Balaban J connectivity index is 1.35. The molecule has 3 fully saturated rings. The summed E-state index contributed by atoms with van der Waals surface area (Å²) >= 11 is 8.82. The molecule has 0 heterocycles. The number of sulfonamides is 1. The lowest BCUT2D eigenvalue weighted by Gasteiger charge is -2.30. The second-order valence-electron chi connectivity index (χ2n) is 14.0. The Kier molecular flexibility index (Phi) is 10.7. The number of benzene rings is 4. The van der Waals surface area contributed by atoms with Gasteiger partial charge in [-0.3, -0.25) is 9.59 Å². The fraction of sp³-hybridized carbons (Fsp3) is 0.333. The number of rotatable bonds is 14. The summed E-state index contributed by atoms with van der Waals surface area (Å²) in [5.41, 5.74) is 3.48. The average Bonchev–Trinajstić information content (AvgIpc) is 3.96. The van der Waals surface area contributed by atoms with Crippen LogP contribution in [-0.2, 0) is 27.9 Å². The zero-order chi connectivity index (χ0) is 38.6. The highest BCUT2D eigenvalue weighted by molar-refractivity contribution is 9.10. The molecule has 0 aromatic heterocycles. The molecule has 0 saturated heterocycles. The van der Waals surface area contributed by atoms with E-state index in [0.29, 0.717) is 21.7 Å². The average molecular weight is 852 g/mol. The minimum atomic E-state index is -5.40. The fourth-order valence-corrected chi connectivity index (χ4v) is 8.96. The molecule has 0 radical (unpaired) electrons. The highest BCUT2D eigenvalue weighted by atomic mass is 79.9. The molecule has 3 saturated carbocycles. The summed E-state index contributed by atoms with van der Waals surface area (Å²) in [5.74, 6) is -9.79. The SMILES string of the molecule is CC(=O)c1ccc(N(Cc2cc(C3CC3)cc(C3CC3)c2)C(=O)CN(Cc2ccc(F)cc2Cl)S(=O)(=O)c2c(F)c(F)c(F)c(F)c2Br)c(OC2CC2)c1. The Hall–Kier alpha value is -3.85. The fourth-order valence-electron chi connectivity index (χ4n) is 6.29. The van der Waals surface area contributed by atoms with Crippen molar-refractivity contribution in [2.45, 2.75) is 81.4 Å². The molecule has 0 spiro atoms. The van der Waals surface area contributed by atoms with Crippen LogP contribution >= 0.6 is 27.5 Å². The number of hydrogen-bond donors (Lipinski definition) is 0. The van der Waals surface area contributed by atoms with E-state index >= 15 is 4.39 Å². The summed E-state index contributed by atoms with van der Waals surface area (Å²) in [4.78, 5) is 26.8. The van der Waals surface area contributed by atoms with Crippen molar-refractivity contribution in [3.63, 3.8) is 0 Å². The lowest BCUT2D eigenvalue weighted by Crippen LogP contribution is -2.43. The minimum Gasteiger partial charge on any atom is -0.488 e. The van der Waals surface area contributed by atoms with Gasteiger partial charge in [0.1, 0.15) is 16.5 Å². The Morgan fingerprint density at radius 2 is 1.44 bits per heavy atom. The number of amides is 1. The molecule has 54 heavy (non-hydrogen) atoms. The van der Waals surface area contributed by atoms with E-state index in [0.717, 1.165) is 73.4 Å². The van der Waals surface area contributed by atoms with E-state index in [-0.39, 0.29) is 40.5 Å². The summed E-state index contributed by atoms with van der Waals surface area (Å²) in [6.07, 6.45) is 5.40. The van der Waals surface area contributed by atoms with Gasteiger partial charge in [0.25, 0.3) is 0 Å². The zero-order valence-corrected chi connectivity index (χ0v) is 31.9. The molecule has 7 nitrogen and oxygen atoms in total. The van der Waals surface area contributed by atoms with Gasteiger partial charge in [0.05, 0.1) is 29.4 Å². The van der Waals surface area contributed by atoms with E-state index < -0.39 is 67.5 Å². The molecule has 284 valence electrons. The molecule has 1 amide bonds. The van der Waals surface area contributed by atoms with Crippen molar-refractivity contribution >= 4 is 54.9 Å². The van der Waals surface area contributed by atoms with Gasteiger partial charge in [-0.05, 0) is 126 Å². The standard InChI is InChI=1S/C39H33BrClF5N2O5S/c1-20(49)24-7-11-31(32(15-24)53-29-9-10-29)48(17-21-12-26(22-2-3-22)14-27(13-21)23-4-5-23)33(50)19-47(18-25-6-8-28(42)16-30(25)41)54(51,52)39-34(40)35(43)36(44)37(45)38(39)46/h6-8,11-16,22-23,29H,2-5,9-10,17-19H2,1H3. The second-order valence-corrected chi connectivity index (χ2v) is 17.1. The van der Waals surface area contributed by atoms with E-state index in [1.54, 1.807) is 0 Å². The van der Waals surface area contributed by atoms with Crippen molar-refractivity contribution in [2.75, 3.05) is 11.4 Å². The number of nitrogens with zero attached hydrogens (tertiary/aromatic N) is 2. The van der Waals surface area contributed by atoms with Gasteiger partial charge >= 0.3 is 0 Å². The van der Waals surface area contributed by atoms with Crippen molar-refractivity contribution in [2.24, 2.45) is 0 Å². The third-order valence-corrected chi connectivity index (χ3v) is 12.9. The molecule has 3 aliphatic rings. The number of Topliss-reactive ketones (excluding diaryl/α,β-unsaturated/α-hetero) is 1. The number of halogens is 7. The van der Waals surface area contributed by atoms with Crippen LogP contribution in [-0.4, -0.2) is 37.1 Å². The van der Waals surface area contributed by atoms with E-state index in [2.05, 4.69) is 22.0 Å². The maximum atomic E-state index is 15.3. The summed E-state index contributed by atoms with van der Waals surface area (Å²) in [6, 6.07) is 13.7. The van der Waals surface area contributed by atoms with Gasteiger partial charge in [-0.25, -0.2) is 30.4 Å². The first-order chi connectivity index (χ1) is 25.6. The molecule has 0 unspecified atom stereocenters. The van der Waals surface area contributed by atoms with E-state index in [1.165, 1.54) is 30.0 Å². The molecule has 0 atom stereocenters. The van der Waals surface area contributed by atoms with Crippen molar-refractivity contribution in [3.8, 4) is 5.75 Å². The quantitative estimate of drug-likeness (QED) is 0.0547. The Morgan fingerprint density at radius 3 is 2.02 bits per heavy atom. The van der Waals surface area contributed by atoms with Gasteiger partial charge in [-0.1, -0.05) is 35.9 Å². The molecule has 0 aliphatic heterocycles. The van der Waals surface area contributed by atoms with Crippen molar-refractivity contribution < 1.29 is 44.7 Å². The smallest absolute Gasteiger partial charge is 0.248 e. The summed E-state index contributed by atoms with van der Waals surface area (Å²) in [6.45, 7) is -0.547. The van der Waals surface area contributed by atoms with Crippen LogP contribution in [0.1, 0.15) is 89.9 Å². The maximum absolute atomic E-state index is 15.3. The van der Waals surface area contributed by atoms with Crippen LogP contribution in [0.2, 0.25) is 5.02 Å². The van der Waals surface area contributed by atoms with Crippen LogP contribution in [0.15, 0.2) is 64.0 Å². The van der Waals surface area contributed by atoms with E-state index in [4.69, 9.17) is 16.3 Å². The predicted molar refractivity (Wildman–Crippen MR) is 195 cm³/mol. The van der Waals surface area contributed by atoms with Crippen LogP contribution in [0.3, 0.4) is 0 Å². The molecule has 0 N–H and O–H groups in total. The van der Waals surface area contributed by atoms with Crippen LogP contribution in [0, 0.1) is 29.1 Å². The van der Waals surface area contributed by atoms with Gasteiger partial charge in [0.15, 0.2) is 29.1 Å². The third kappa shape index (κ3) is 8.07. The largest absolute Gasteiger partial charge is 0.488 e. The van der Waals surface area contributed by atoms with Crippen LogP contribution in [0.4, 0.5) is 27.6 Å². The highest BCUT2D eigenvalue weighted by Gasteiger charge is 2.39. The minimum absolute atomic E-state index is 0.0321. The molecule has 15 heteroatoms. The van der Waals surface area contributed by atoms with Crippen LogP contribution < -0.4 is 9.64 Å². The number of ketones is 1. The first kappa shape index (κ1) is 38.4. The highest BCUT2D eigenvalue weighted by Crippen LogP contribution is 2.46. The molecule has 4 aromatic carbocycles. The first-order valence-electron chi connectivity index (χ1n) is 17.3. The summed E-state index contributed by atoms with van der Waals surface area (Å²) in [5, 5.41) is -0.250. The van der Waals surface area contributed by atoms with Crippen LogP contribution in [0.5, 0.6) is 5.75 Å². The van der Waals surface area contributed by atoms with Crippen molar-refractivity contribution in [1.82, 2.24) is 4.31 Å². The number of carbonyl (C=O) groups is 2. The Bertz CT molecular complexity index is 2240. The number of anilines is 1. The maximum Gasteiger partial charge on any atom is 0.248 e. The Morgan fingerprint density at radius 1 is 0.815 bits per heavy atom. The van der Waals surface area contributed by atoms with Gasteiger partial charge in [-0.2, -0.15) is 4.31 Å². The molecule has 0 bridgehead atoms. The third-order valence-electron chi connectivity index (χ3n) is 9.69. The number of hydrogen-bond acceptors (Lipinski definition) is 5. The number of carbonyl (C=O) groups excluding carboxylic acids is 2. The zero-order valence-electron chi connectivity index (χ0n) is 28.8. The van der Waals surface area contributed by atoms with E-state index in [1.807, 2.05) is 12.1 Å². The molecular weight excluding hydrogens is 819 g/mol. The van der Waals surface area contributed by atoms with Gasteiger partial charge in [-0.15, -0.1) is 0 Å². The lowest BCUT2D eigenvalue weighted by atomic mass is 9.99. The summed E-state index contributed by atoms with van der Waals surface area (Å²) in [7, 11) is -5.40.